The van der Waals surface area contributed by atoms with Crippen LogP contribution in [0.15, 0.2) is 24.3 Å². The highest BCUT2D eigenvalue weighted by atomic mass is 28.2. The number of hydrogen-bond donors (Lipinski definition) is 0. The van der Waals surface area contributed by atoms with E-state index >= 15 is 0 Å². The summed E-state index contributed by atoms with van der Waals surface area (Å²) in [4.78, 5) is 0. The van der Waals surface area contributed by atoms with Crippen molar-refractivity contribution in [2.24, 2.45) is 5.92 Å². The summed E-state index contributed by atoms with van der Waals surface area (Å²) in [6.07, 6.45) is 0. The Morgan fingerprint density at radius 2 is 1.88 bits per heavy atom. The average Bonchev–Trinajstić information content (AvgIpc) is 2.29. The topological polar surface area (TPSA) is 18.5 Å². The van der Waals surface area contributed by atoms with Crippen LogP contribution in [0.4, 0.5) is 0 Å². The summed E-state index contributed by atoms with van der Waals surface area (Å²) in [5.41, 5.74) is 0. The monoisotopic (exact) mass is 251 g/mol. The number of benzene rings is 1. The van der Waals surface area contributed by atoms with Crippen molar-refractivity contribution in [3.63, 3.8) is 0 Å². The van der Waals surface area contributed by atoms with Gasteiger partial charge in [-0.1, -0.05) is 39.8 Å². The summed E-state index contributed by atoms with van der Waals surface area (Å²) >= 11 is 0. The number of ether oxygens (including phenoxy) is 1. The summed E-state index contributed by atoms with van der Waals surface area (Å²) in [7, 11) is -0.495. The second kappa shape index (κ2) is 6.82. The van der Waals surface area contributed by atoms with Crippen molar-refractivity contribution in [3.8, 4) is 5.75 Å². The van der Waals surface area contributed by atoms with Gasteiger partial charge in [-0.05, 0) is 29.2 Å². The van der Waals surface area contributed by atoms with Crippen LogP contribution >= 0.6 is 0 Å². The van der Waals surface area contributed by atoms with Crippen molar-refractivity contribution >= 4 is 9.76 Å². The summed E-state index contributed by atoms with van der Waals surface area (Å²) in [6, 6.07) is 10.5. The quantitative estimate of drug-likeness (QED) is 0.548. The molecule has 0 aliphatic carbocycles. The van der Waals surface area contributed by atoms with Crippen molar-refractivity contribution in [1.82, 2.24) is 0 Å². The van der Waals surface area contributed by atoms with Crippen LogP contribution in [0.1, 0.15) is 27.7 Å². The molecule has 0 aliphatic heterocycles. The van der Waals surface area contributed by atoms with E-state index in [0.717, 1.165) is 5.75 Å². The molecule has 3 heteroatoms. The van der Waals surface area contributed by atoms with Gasteiger partial charge in [0.2, 0.25) is 0 Å². The van der Waals surface area contributed by atoms with Crippen molar-refractivity contribution in [2.45, 2.75) is 32.7 Å². The van der Waals surface area contributed by atoms with E-state index in [-0.39, 0.29) is 0 Å². The SMILES string of the molecule is CC(C)C(C)(C)[SiH2]OCCOc1cc[c]cc1. The van der Waals surface area contributed by atoms with Crippen LogP contribution in [-0.2, 0) is 4.43 Å². The summed E-state index contributed by atoms with van der Waals surface area (Å²) < 4.78 is 11.3. The van der Waals surface area contributed by atoms with Gasteiger partial charge in [0.15, 0.2) is 9.76 Å². The number of rotatable bonds is 7. The molecule has 0 heterocycles. The van der Waals surface area contributed by atoms with E-state index in [9.17, 15) is 0 Å². The maximum absolute atomic E-state index is 5.79. The van der Waals surface area contributed by atoms with E-state index in [2.05, 4.69) is 33.8 Å². The van der Waals surface area contributed by atoms with Crippen molar-refractivity contribution < 1.29 is 9.16 Å². The normalized spacial score (nSPS) is 12.5. The van der Waals surface area contributed by atoms with Crippen LogP contribution in [0.3, 0.4) is 0 Å². The fourth-order valence-electron chi connectivity index (χ4n) is 1.19. The Balaban J connectivity index is 2.13. The first-order chi connectivity index (χ1) is 8.02. The maximum atomic E-state index is 5.79. The smallest absolute Gasteiger partial charge is 0.167 e. The molecule has 1 aromatic carbocycles. The van der Waals surface area contributed by atoms with E-state index in [1.165, 1.54) is 0 Å². The van der Waals surface area contributed by atoms with Gasteiger partial charge in [-0.15, -0.1) is 0 Å². The molecule has 0 bridgehead atoms. The van der Waals surface area contributed by atoms with E-state index < -0.39 is 9.76 Å². The van der Waals surface area contributed by atoms with E-state index in [0.29, 0.717) is 24.2 Å². The van der Waals surface area contributed by atoms with Gasteiger partial charge in [-0.3, -0.25) is 0 Å². The zero-order valence-electron chi connectivity index (χ0n) is 11.3. The zero-order chi connectivity index (χ0) is 12.7. The van der Waals surface area contributed by atoms with Crippen molar-refractivity contribution in [1.29, 1.82) is 0 Å². The molecular weight excluding hydrogens is 228 g/mol. The summed E-state index contributed by atoms with van der Waals surface area (Å²) in [6.45, 7) is 10.4. The Labute approximate surface area is 107 Å². The minimum atomic E-state index is -0.495. The van der Waals surface area contributed by atoms with E-state index in [4.69, 9.17) is 9.16 Å². The molecule has 0 saturated heterocycles. The predicted octanol–water partition coefficient (Wildman–Crippen LogP) is 2.82. The molecule has 0 saturated carbocycles. The first-order valence-electron chi connectivity index (χ1n) is 6.19. The average molecular weight is 251 g/mol. The highest BCUT2D eigenvalue weighted by molar-refractivity contribution is 6.32. The van der Waals surface area contributed by atoms with Crippen LogP contribution in [0.5, 0.6) is 5.75 Å². The zero-order valence-corrected chi connectivity index (χ0v) is 12.7. The van der Waals surface area contributed by atoms with Gasteiger partial charge in [-0.2, -0.15) is 0 Å². The molecule has 0 spiro atoms. The van der Waals surface area contributed by atoms with Crippen molar-refractivity contribution in [3.05, 3.63) is 30.3 Å². The fourth-order valence-corrected chi connectivity index (χ4v) is 2.31. The molecule has 0 unspecified atom stereocenters. The molecule has 1 rings (SSSR count). The predicted molar refractivity (Wildman–Crippen MR) is 74.1 cm³/mol. The lowest BCUT2D eigenvalue weighted by molar-refractivity contribution is 0.213. The lowest BCUT2D eigenvalue weighted by Crippen LogP contribution is -2.23. The van der Waals surface area contributed by atoms with Crippen LogP contribution in [0.25, 0.3) is 0 Å². The minimum Gasteiger partial charge on any atom is -0.491 e. The molecule has 0 N–H and O–H groups in total. The standard InChI is InChI=1S/C14H23O2Si/c1-12(2)14(3,4)17-16-11-10-15-13-8-6-5-7-9-13/h6-9,12H,10-11,17H2,1-4H3. The molecule has 0 atom stereocenters. The van der Waals surface area contributed by atoms with Gasteiger partial charge >= 0.3 is 0 Å². The third-order valence-electron chi connectivity index (χ3n) is 3.22. The first kappa shape index (κ1) is 14.3. The van der Waals surface area contributed by atoms with Gasteiger partial charge in [0.05, 0.1) is 6.61 Å². The van der Waals surface area contributed by atoms with Crippen LogP contribution < -0.4 is 4.74 Å². The first-order valence-corrected chi connectivity index (χ1v) is 7.47. The highest BCUT2D eigenvalue weighted by Crippen LogP contribution is 2.32. The van der Waals surface area contributed by atoms with Gasteiger partial charge in [0.1, 0.15) is 12.4 Å². The lowest BCUT2D eigenvalue weighted by Gasteiger charge is -2.28. The Bertz CT molecular complexity index is 309. The highest BCUT2D eigenvalue weighted by Gasteiger charge is 2.23. The van der Waals surface area contributed by atoms with Crippen LogP contribution in [0.2, 0.25) is 5.04 Å². The third kappa shape index (κ3) is 5.37. The third-order valence-corrected chi connectivity index (χ3v) is 5.27. The Morgan fingerprint density at radius 1 is 1.24 bits per heavy atom. The molecule has 0 fully saturated rings. The Kier molecular flexibility index (Phi) is 5.72. The molecule has 2 nitrogen and oxygen atoms in total. The van der Waals surface area contributed by atoms with Gasteiger partial charge < -0.3 is 9.16 Å². The van der Waals surface area contributed by atoms with Gasteiger partial charge in [0, 0.05) is 0 Å². The van der Waals surface area contributed by atoms with Crippen LogP contribution in [-0.4, -0.2) is 23.0 Å². The molecule has 1 radical (unpaired) electrons. The number of hydrogen-bond acceptors (Lipinski definition) is 2. The Morgan fingerprint density at radius 3 is 2.47 bits per heavy atom. The van der Waals surface area contributed by atoms with E-state index in [1.807, 2.05) is 24.3 Å². The molecule has 17 heavy (non-hydrogen) atoms. The Hall–Kier alpha value is -0.803. The van der Waals surface area contributed by atoms with Gasteiger partial charge in [-0.25, -0.2) is 0 Å². The molecule has 0 amide bonds. The molecule has 95 valence electrons. The summed E-state index contributed by atoms with van der Waals surface area (Å²) in [5, 5.41) is 0.363. The van der Waals surface area contributed by atoms with Gasteiger partial charge in [0.25, 0.3) is 0 Å². The fraction of sp³-hybridized carbons (Fsp3) is 0.571. The lowest BCUT2D eigenvalue weighted by atomic mass is 9.99. The molecule has 0 aromatic heterocycles. The molecule has 1 aromatic rings. The van der Waals surface area contributed by atoms with Crippen molar-refractivity contribution in [2.75, 3.05) is 13.2 Å². The molecule has 0 aliphatic rings. The second-order valence-corrected chi connectivity index (χ2v) is 7.80. The van der Waals surface area contributed by atoms with E-state index in [1.54, 1.807) is 0 Å². The summed E-state index contributed by atoms with van der Waals surface area (Å²) in [5.74, 6) is 1.57. The largest absolute Gasteiger partial charge is 0.491 e. The minimum absolute atomic E-state index is 0.363. The maximum Gasteiger partial charge on any atom is 0.167 e. The molecular formula is C14H23O2Si. The van der Waals surface area contributed by atoms with Crippen LogP contribution in [0, 0.1) is 12.0 Å². The second-order valence-electron chi connectivity index (χ2n) is 5.28.